The molecule has 1 aromatic carbocycles. The van der Waals surface area contributed by atoms with Crippen LogP contribution in [-0.2, 0) is 13.5 Å². The monoisotopic (exact) mass is 229 g/mol. The van der Waals surface area contributed by atoms with Crippen molar-refractivity contribution in [3.05, 3.63) is 53.3 Å². The van der Waals surface area contributed by atoms with E-state index in [0.717, 1.165) is 12.1 Å². The summed E-state index contributed by atoms with van der Waals surface area (Å²) in [5.41, 5.74) is 3.67. The molecule has 0 fully saturated rings. The summed E-state index contributed by atoms with van der Waals surface area (Å²) < 4.78 is 1.83. The quantitative estimate of drug-likeness (QED) is 0.871. The van der Waals surface area contributed by atoms with Gasteiger partial charge < -0.3 is 5.32 Å². The van der Waals surface area contributed by atoms with Crippen LogP contribution in [-0.4, -0.2) is 16.8 Å². The number of benzene rings is 1. The largest absolute Gasteiger partial charge is 0.308 e. The van der Waals surface area contributed by atoms with Gasteiger partial charge in [-0.3, -0.25) is 4.68 Å². The predicted molar refractivity (Wildman–Crippen MR) is 69.9 cm³/mol. The summed E-state index contributed by atoms with van der Waals surface area (Å²) in [6.45, 7) is 2.17. The van der Waals surface area contributed by atoms with Crippen LogP contribution >= 0.6 is 0 Å². The van der Waals surface area contributed by atoms with Crippen molar-refractivity contribution in [2.45, 2.75) is 19.4 Å². The molecule has 1 heterocycles. The molecule has 0 bridgehead atoms. The fraction of sp³-hybridized carbons (Fsp3) is 0.357. The highest BCUT2D eigenvalue weighted by Gasteiger charge is 2.13. The molecule has 90 valence electrons. The van der Waals surface area contributed by atoms with E-state index < -0.39 is 0 Å². The molecule has 0 aliphatic heterocycles. The van der Waals surface area contributed by atoms with Gasteiger partial charge in [0.2, 0.25) is 0 Å². The van der Waals surface area contributed by atoms with Gasteiger partial charge in [0.25, 0.3) is 0 Å². The van der Waals surface area contributed by atoms with Gasteiger partial charge in [-0.25, -0.2) is 0 Å². The van der Waals surface area contributed by atoms with Crippen LogP contribution in [0.2, 0.25) is 0 Å². The van der Waals surface area contributed by atoms with Crippen LogP contribution in [0.25, 0.3) is 0 Å². The maximum atomic E-state index is 4.45. The van der Waals surface area contributed by atoms with Gasteiger partial charge in [-0.1, -0.05) is 31.2 Å². The highest BCUT2D eigenvalue weighted by atomic mass is 15.3. The zero-order valence-electron chi connectivity index (χ0n) is 10.6. The van der Waals surface area contributed by atoms with E-state index in [1.54, 1.807) is 0 Å². The van der Waals surface area contributed by atoms with Crippen LogP contribution in [0.1, 0.15) is 29.8 Å². The second-order valence-corrected chi connectivity index (χ2v) is 4.23. The Hall–Kier alpha value is -1.61. The lowest BCUT2D eigenvalue weighted by Crippen LogP contribution is -2.18. The highest BCUT2D eigenvalue weighted by Crippen LogP contribution is 2.20. The SMILES string of the molecule is CCc1ccc(C(NC)c2ccn(C)n2)cc1. The zero-order chi connectivity index (χ0) is 12.3. The van der Waals surface area contributed by atoms with Crippen LogP contribution in [0.15, 0.2) is 36.5 Å². The molecule has 1 aromatic heterocycles. The molecule has 1 N–H and O–H groups in total. The van der Waals surface area contributed by atoms with Crippen molar-refractivity contribution >= 4 is 0 Å². The number of nitrogens with one attached hydrogen (secondary N) is 1. The van der Waals surface area contributed by atoms with Crippen LogP contribution in [0.5, 0.6) is 0 Å². The summed E-state index contributed by atoms with van der Waals surface area (Å²) in [7, 11) is 3.91. The maximum Gasteiger partial charge on any atom is 0.0839 e. The van der Waals surface area contributed by atoms with Gasteiger partial charge in [0.15, 0.2) is 0 Å². The van der Waals surface area contributed by atoms with Crippen molar-refractivity contribution in [3.8, 4) is 0 Å². The Morgan fingerprint density at radius 2 is 1.94 bits per heavy atom. The summed E-state index contributed by atoms with van der Waals surface area (Å²) in [6.07, 6.45) is 3.05. The standard InChI is InChI=1S/C14H19N3/c1-4-11-5-7-12(8-6-11)14(15-2)13-9-10-17(3)16-13/h5-10,14-15H,4H2,1-3H3. The van der Waals surface area contributed by atoms with E-state index in [1.165, 1.54) is 11.1 Å². The highest BCUT2D eigenvalue weighted by molar-refractivity contribution is 5.30. The summed E-state index contributed by atoms with van der Waals surface area (Å²) in [5, 5.41) is 7.76. The molecule has 0 spiro atoms. The molecule has 0 saturated heterocycles. The van der Waals surface area contributed by atoms with Crippen molar-refractivity contribution in [2.24, 2.45) is 7.05 Å². The van der Waals surface area contributed by atoms with Crippen LogP contribution < -0.4 is 5.32 Å². The van der Waals surface area contributed by atoms with E-state index in [2.05, 4.69) is 47.7 Å². The summed E-state index contributed by atoms with van der Waals surface area (Å²) in [6, 6.07) is 10.9. The first-order valence-corrected chi connectivity index (χ1v) is 6.00. The van der Waals surface area contributed by atoms with Gasteiger partial charge in [0.05, 0.1) is 11.7 Å². The van der Waals surface area contributed by atoms with E-state index in [-0.39, 0.29) is 6.04 Å². The molecule has 0 aliphatic carbocycles. The third-order valence-corrected chi connectivity index (χ3v) is 3.04. The molecule has 1 unspecified atom stereocenters. The second-order valence-electron chi connectivity index (χ2n) is 4.23. The van der Waals surface area contributed by atoms with Crippen molar-refractivity contribution in [1.29, 1.82) is 0 Å². The van der Waals surface area contributed by atoms with Gasteiger partial charge >= 0.3 is 0 Å². The first-order valence-electron chi connectivity index (χ1n) is 6.00. The molecule has 3 heteroatoms. The molecule has 0 amide bonds. The molecule has 0 aliphatic rings. The number of aromatic nitrogens is 2. The predicted octanol–water partition coefficient (Wildman–Crippen LogP) is 2.29. The van der Waals surface area contributed by atoms with Crippen molar-refractivity contribution in [1.82, 2.24) is 15.1 Å². The molecule has 17 heavy (non-hydrogen) atoms. The minimum Gasteiger partial charge on any atom is -0.308 e. The van der Waals surface area contributed by atoms with E-state index in [4.69, 9.17) is 0 Å². The Morgan fingerprint density at radius 3 is 2.41 bits per heavy atom. The Balaban J connectivity index is 2.28. The number of hydrogen-bond acceptors (Lipinski definition) is 2. The van der Waals surface area contributed by atoms with Gasteiger partial charge in [0.1, 0.15) is 0 Å². The second kappa shape index (κ2) is 5.15. The Bertz CT molecular complexity index is 470. The molecule has 1 atom stereocenters. The van der Waals surface area contributed by atoms with Crippen molar-refractivity contribution in [3.63, 3.8) is 0 Å². The normalized spacial score (nSPS) is 12.6. The fourth-order valence-corrected chi connectivity index (χ4v) is 2.02. The van der Waals surface area contributed by atoms with E-state index in [1.807, 2.05) is 25.0 Å². The topological polar surface area (TPSA) is 29.9 Å². The number of aryl methyl sites for hydroxylation is 2. The number of rotatable bonds is 4. The summed E-state index contributed by atoms with van der Waals surface area (Å²) >= 11 is 0. The molecule has 2 rings (SSSR count). The third kappa shape index (κ3) is 2.56. The van der Waals surface area contributed by atoms with Gasteiger partial charge in [-0.15, -0.1) is 0 Å². The average molecular weight is 229 g/mol. The minimum atomic E-state index is 0.169. The maximum absolute atomic E-state index is 4.45. The first-order chi connectivity index (χ1) is 8.24. The number of nitrogens with zero attached hydrogens (tertiary/aromatic N) is 2. The van der Waals surface area contributed by atoms with Gasteiger partial charge in [-0.2, -0.15) is 5.10 Å². The lowest BCUT2D eigenvalue weighted by Gasteiger charge is -2.14. The molecule has 0 radical (unpaired) electrons. The Morgan fingerprint density at radius 1 is 1.24 bits per heavy atom. The minimum absolute atomic E-state index is 0.169. The Kier molecular flexibility index (Phi) is 3.59. The van der Waals surface area contributed by atoms with Crippen molar-refractivity contribution < 1.29 is 0 Å². The van der Waals surface area contributed by atoms with Gasteiger partial charge in [-0.05, 0) is 30.7 Å². The van der Waals surface area contributed by atoms with Crippen LogP contribution in [0, 0.1) is 0 Å². The summed E-state index contributed by atoms with van der Waals surface area (Å²) in [4.78, 5) is 0. The smallest absolute Gasteiger partial charge is 0.0839 e. The molecule has 3 nitrogen and oxygen atoms in total. The fourth-order valence-electron chi connectivity index (χ4n) is 2.02. The van der Waals surface area contributed by atoms with E-state index in [9.17, 15) is 0 Å². The first kappa shape index (κ1) is 11.9. The molecule has 2 aromatic rings. The van der Waals surface area contributed by atoms with Crippen molar-refractivity contribution in [2.75, 3.05) is 7.05 Å². The number of hydrogen-bond donors (Lipinski definition) is 1. The Labute approximate surface area is 102 Å². The van der Waals surface area contributed by atoms with Crippen LogP contribution in [0.3, 0.4) is 0 Å². The summed E-state index contributed by atoms with van der Waals surface area (Å²) in [5.74, 6) is 0. The third-order valence-electron chi connectivity index (χ3n) is 3.04. The average Bonchev–Trinajstić information content (AvgIpc) is 2.78. The molecular formula is C14H19N3. The van der Waals surface area contributed by atoms with E-state index >= 15 is 0 Å². The zero-order valence-corrected chi connectivity index (χ0v) is 10.6. The molecular weight excluding hydrogens is 210 g/mol. The van der Waals surface area contributed by atoms with Crippen LogP contribution in [0.4, 0.5) is 0 Å². The van der Waals surface area contributed by atoms with E-state index in [0.29, 0.717) is 0 Å². The van der Waals surface area contributed by atoms with Gasteiger partial charge in [0, 0.05) is 13.2 Å². The lowest BCUT2D eigenvalue weighted by molar-refractivity contribution is 0.642. The molecule has 0 saturated carbocycles. The lowest BCUT2D eigenvalue weighted by atomic mass is 10.0.